The van der Waals surface area contributed by atoms with Gasteiger partial charge in [-0.25, -0.2) is 8.42 Å². The number of rotatable bonds is 6. The number of benzene rings is 2. The molecule has 0 unspecified atom stereocenters. The van der Waals surface area contributed by atoms with Crippen LogP contribution in [0.3, 0.4) is 0 Å². The van der Waals surface area contributed by atoms with Gasteiger partial charge in [0.2, 0.25) is 9.84 Å². The van der Waals surface area contributed by atoms with Crippen molar-refractivity contribution in [2.45, 2.75) is 24.2 Å². The van der Waals surface area contributed by atoms with Gasteiger partial charge in [0.25, 0.3) is 5.91 Å². The lowest BCUT2D eigenvalue weighted by Crippen LogP contribution is -2.36. The van der Waals surface area contributed by atoms with Gasteiger partial charge in [-0.05, 0) is 49.1 Å². The van der Waals surface area contributed by atoms with Gasteiger partial charge in [-0.2, -0.15) is 0 Å². The number of nitrogens with one attached hydrogen (secondary N) is 1. The Morgan fingerprint density at radius 1 is 1.10 bits per heavy atom. The molecule has 1 saturated heterocycles. The molecule has 2 aliphatic heterocycles. The van der Waals surface area contributed by atoms with Crippen LogP contribution in [0.1, 0.15) is 18.4 Å². The Balaban J connectivity index is 1.54. The smallest absolute Gasteiger partial charge is 0.265 e. The zero-order chi connectivity index (χ0) is 21.3. The minimum atomic E-state index is -3.86. The summed E-state index contributed by atoms with van der Waals surface area (Å²) in [5.74, 6) is 0.691. The molecule has 1 fully saturated rings. The van der Waals surface area contributed by atoms with Crippen LogP contribution in [0.5, 0.6) is 11.5 Å². The zero-order valence-corrected chi connectivity index (χ0v) is 17.8. The number of carbonyl (C=O) groups is 1. The highest BCUT2D eigenvalue weighted by Crippen LogP contribution is 2.43. The number of para-hydroxylation sites is 1. The van der Waals surface area contributed by atoms with Crippen LogP contribution in [-0.4, -0.2) is 41.6 Å². The number of sulfone groups is 1. The molecule has 7 nitrogen and oxygen atoms in total. The number of nitrogens with zero attached hydrogens (tertiary/aromatic N) is 1. The molecular weight excluding hydrogens is 404 g/mol. The lowest BCUT2D eigenvalue weighted by atomic mass is 10.1. The fourth-order valence-corrected chi connectivity index (χ4v) is 5.81. The standard InChI is InChI=1S/C22H24N2O5S/c1-28-18-10-9-15(14-19(18)29-2)11-12-23-22(25)21-17-7-5-13-24(17)16-6-3-4-8-20(16)30(21,26)27/h3-4,6,8-10,14H,5,7,11-13H2,1-2H3,(H,23,25). The summed E-state index contributed by atoms with van der Waals surface area (Å²) in [5, 5.41) is 2.79. The molecule has 0 aliphatic carbocycles. The van der Waals surface area contributed by atoms with Crippen molar-refractivity contribution in [2.75, 3.05) is 32.2 Å². The van der Waals surface area contributed by atoms with E-state index < -0.39 is 15.7 Å². The fourth-order valence-electron chi connectivity index (χ4n) is 4.04. The number of methoxy groups -OCH3 is 2. The van der Waals surface area contributed by atoms with Crippen LogP contribution >= 0.6 is 0 Å². The molecule has 4 rings (SSSR count). The summed E-state index contributed by atoms with van der Waals surface area (Å²) in [4.78, 5) is 15.0. The number of carbonyl (C=O) groups excluding carboxylic acids is 1. The number of amides is 1. The lowest BCUT2D eigenvalue weighted by Gasteiger charge is -2.29. The van der Waals surface area contributed by atoms with Crippen molar-refractivity contribution in [3.05, 3.63) is 58.6 Å². The van der Waals surface area contributed by atoms with E-state index in [1.54, 1.807) is 38.5 Å². The van der Waals surface area contributed by atoms with Crippen molar-refractivity contribution < 1.29 is 22.7 Å². The van der Waals surface area contributed by atoms with E-state index in [1.165, 1.54) is 0 Å². The molecule has 158 valence electrons. The second-order valence-corrected chi connectivity index (χ2v) is 9.05. The Kier molecular flexibility index (Phi) is 5.42. The van der Waals surface area contributed by atoms with Crippen LogP contribution < -0.4 is 19.7 Å². The molecule has 0 radical (unpaired) electrons. The first-order chi connectivity index (χ1) is 14.5. The molecule has 0 spiro atoms. The first-order valence-electron chi connectivity index (χ1n) is 9.81. The maximum absolute atomic E-state index is 13.2. The Bertz CT molecular complexity index is 1120. The first-order valence-corrected chi connectivity index (χ1v) is 11.3. The first kappa shape index (κ1) is 20.3. The van der Waals surface area contributed by atoms with Crippen LogP contribution in [0.4, 0.5) is 5.69 Å². The van der Waals surface area contributed by atoms with E-state index in [2.05, 4.69) is 5.32 Å². The predicted octanol–water partition coefficient (Wildman–Crippen LogP) is 2.66. The number of hydrogen-bond acceptors (Lipinski definition) is 6. The Hall–Kier alpha value is -3.00. The van der Waals surface area contributed by atoms with E-state index in [9.17, 15) is 13.2 Å². The monoisotopic (exact) mass is 428 g/mol. The van der Waals surface area contributed by atoms with Gasteiger partial charge in [-0.15, -0.1) is 0 Å². The summed E-state index contributed by atoms with van der Waals surface area (Å²) < 4.78 is 36.9. The average Bonchev–Trinajstić information content (AvgIpc) is 3.22. The van der Waals surface area contributed by atoms with E-state index >= 15 is 0 Å². The van der Waals surface area contributed by atoms with Crippen molar-refractivity contribution in [2.24, 2.45) is 0 Å². The molecule has 0 saturated carbocycles. The zero-order valence-electron chi connectivity index (χ0n) is 17.0. The van der Waals surface area contributed by atoms with Crippen molar-refractivity contribution in [1.29, 1.82) is 0 Å². The molecule has 0 atom stereocenters. The minimum absolute atomic E-state index is 0.119. The van der Waals surface area contributed by atoms with Crippen LogP contribution in [0.2, 0.25) is 0 Å². The van der Waals surface area contributed by atoms with Gasteiger partial charge in [0.05, 0.1) is 24.8 Å². The Morgan fingerprint density at radius 2 is 1.87 bits per heavy atom. The molecule has 0 aromatic heterocycles. The fraction of sp³-hybridized carbons (Fsp3) is 0.318. The van der Waals surface area contributed by atoms with Crippen molar-refractivity contribution >= 4 is 21.4 Å². The second kappa shape index (κ2) is 8.02. The third-order valence-electron chi connectivity index (χ3n) is 5.45. The largest absolute Gasteiger partial charge is 0.493 e. The van der Waals surface area contributed by atoms with E-state index in [4.69, 9.17) is 9.47 Å². The highest BCUT2D eigenvalue weighted by Gasteiger charge is 2.41. The molecule has 8 heteroatoms. The van der Waals surface area contributed by atoms with Gasteiger partial charge < -0.3 is 19.7 Å². The molecule has 2 aliphatic rings. The number of fused-ring (bicyclic) bond motifs is 3. The van der Waals surface area contributed by atoms with Gasteiger partial charge in [0, 0.05) is 18.8 Å². The molecule has 1 amide bonds. The van der Waals surface area contributed by atoms with Crippen LogP contribution in [0.25, 0.3) is 0 Å². The normalized spacial score (nSPS) is 16.7. The third kappa shape index (κ3) is 3.41. The van der Waals surface area contributed by atoms with Crippen LogP contribution in [0, 0.1) is 0 Å². The highest BCUT2D eigenvalue weighted by molar-refractivity contribution is 7.96. The maximum atomic E-state index is 13.2. The number of anilines is 1. The van der Waals surface area contributed by atoms with Crippen molar-refractivity contribution in [1.82, 2.24) is 5.32 Å². The number of allylic oxidation sites excluding steroid dienone is 1. The van der Waals surface area contributed by atoms with E-state index in [-0.39, 0.29) is 9.80 Å². The van der Waals surface area contributed by atoms with Gasteiger partial charge in [0.15, 0.2) is 16.4 Å². The Morgan fingerprint density at radius 3 is 2.63 bits per heavy atom. The molecule has 2 aromatic rings. The third-order valence-corrected chi connectivity index (χ3v) is 7.33. The molecule has 0 bridgehead atoms. The highest BCUT2D eigenvalue weighted by atomic mass is 32.2. The summed E-state index contributed by atoms with van der Waals surface area (Å²) in [5.41, 5.74) is 2.20. The molecule has 2 aromatic carbocycles. The Labute approximate surface area is 176 Å². The summed E-state index contributed by atoms with van der Waals surface area (Å²) in [6.45, 7) is 1.02. The van der Waals surface area contributed by atoms with Gasteiger partial charge >= 0.3 is 0 Å². The lowest BCUT2D eigenvalue weighted by molar-refractivity contribution is -0.116. The van der Waals surface area contributed by atoms with E-state index in [0.29, 0.717) is 48.8 Å². The summed E-state index contributed by atoms with van der Waals surface area (Å²) >= 11 is 0. The molecule has 2 heterocycles. The van der Waals surface area contributed by atoms with Gasteiger partial charge in [-0.1, -0.05) is 18.2 Å². The van der Waals surface area contributed by atoms with Crippen molar-refractivity contribution in [3.63, 3.8) is 0 Å². The SMILES string of the molecule is COc1ccc(CCNC(=O)C2=C3CCCN3c3ccccc3S2(=O)=O)cc1OC. The van der Waals surface area contributed by atoms with Crippen LogP contribution in [0.15, 0.2) is 58.0 Å². The summed E-state index contributed by atoms with van der Waals surface area (Å²) in [7, 11) is -0.725. The quantitative estimate of drug-likeness (QED) is 0.762. The number of ether oxygens (including phenoxy) is 2. The maximum Gasteiger partial charge on any atom is 0.265 e. The number of hydrogen-bond donors (Lipinski definition) is 1. The molecule has 1 N–H and O–H groups in total. The van der Waals surface area contributed by atoms with Crippen LogP contribution in [-0.2, 0) is 21.1 Å². The second-order valence-electron chi connectivity index (χ2n) is 7.20. The summed E-state index contributed by atoms with van der Waals surface area (Å²) in [6.07, 6.45) is 1.93. The average molecular weight is 429 g/mol. The van der Waals surface area contributed by atoms with Crippen molar-refractivity contribution in [3.8, 4) is 11.5 Å². The minimum Gasteiger partial charge on any atom is -0.493 e. The van der Waals surface area contributed by atoms with E-state index in [1.807, 2.05) is 23.1 Å². The van der Waals surface area contributed by atoms with Gasteiger partial charge in [0.1, 0.15) is 0 Å². The topological polar surface area (TPSA) is 84.9 Å². The summed E-state index contributed by atoms with van der Waals surface area (Å²) in [6, 6.07) is 12.4. The molecule has 30 heavy (non-hydrogen) atoms. The predicted molar refractivity (Wildman–Crippen MR) is 113 cm³/mol. The van der Waals surface area contributed by atoms with E-state index in [0.717, 1.165) is 12.0 Å². The molecular formula is C22H24N2O5S. The van der Waals surface area contributed by atoms with Gasteiger partial charge in [-0.3, -0.25) is 4.79 Å².